The third-order valence-electron chi connectivity index (χ3n) is 5.89. The van der Waals surface area contributed by atoms with Crippen LogP contribution in [0.3, 0.4) is 0 Å². The Balaban J connectivity index is 1.45. The summed E-state index contributed by atoms with van der Waals surface area (Å²) in [4.78, 5) is 26.8. The van der Waals surface area contributed by atoms with Gasteiger partial charge in [-0.1, -0.05) is 18.2 Å². The van der Waals surface area contributed by atoms with Crippen LogP contribution in [0.2, 0.25) is 0 Å². The second-order valence-corrected chi connectivity index (χ2v) is 9.60. The van der Waals surface area contributed by atoms with Crippen LogP contribution in [0.5, 0.6) is 0 Å². The number of nitrogens with zero attached hydrogens (tertiary/aromatic N) is 1. The van der Waals surface area contributed by atoms with E-state index >= 15 is 0 Å². The highest BCUT2D eigenvalue weighted by atomic mass is 32.2. The van der Waals surface area contributed by atoms with Gasteiger partial charge in [0.2, 0.25) is 5.91 Å². The minimum Gasteiger partial charge on any atom is -0.390 e. The van der Waals surface area contributed by atoms with Crippen molar-refractivity contribution in [2.24, 2.45) is 11.8 Å². The molecule has 0 bridgehead atoms. The highest BCUT2D eigenvalue weighted by molar-refractivity contribution is 8.04. The number of hydrogen-bond donors (Lipinski definition) is 3. The maximum Gasteiger partial charge on any atom is 0.446 e. The molecule has 3 aliphatic rings. The molecule has 1 atom stereocenters. The zero-order valence-corrected chi connectivity index (χ0v) is 20.4. The monoisotopic (exact) mass is 510 g/mol. The van der Waals surface area contributed by atoms with E-state index in [9.17, 15) is 22.8 Å². The average Bonchev–Trinajstić information content (AvgIpc) is 2.76. The molecule has 0 radical (unpaired) electrons. The van der Waals surface area contributed by atoms with Crippen LogP contribution in [0.1, 0.15) is 13.3 Å². The lowest BCUT2D eigenvalue weighted by Gasteiger charge is -2.41. The lowest BCUT2D eigenvalue weighted by molar-refractivity contribution is -0.140. The highest BCUT2D eigenvalue weighted by Crippen LogP contribution is 2.39. The Kier molecular flexibility index (Phi) is 9.01. The van der Waals surface area contributed by atoms with Gasteiger partial charge >= 0.3 is 5.51 Å². The molecule has 1 unspecified atom stereocenters. The van der Waals surface area contributed by atoms with Gasteiger partial charge in [-0.05, 0) is 42.8 Å². The average molecular weight is 511 g/mol. The summed E-state index contributed by atoms with van der Waals surface area (Å²) in [5.41, 5.74) is -2.21. The van der Waals surface area contributed by atoms with Gasteiger partial charge in [0.15, 0.2) is 0 Å². The maximum absolute atomic E-state index is 12.6. The Morgan fingerprint density at radius 1 is 1.29 bits per heavy atom. The fraction of sp³-hybridized carbons (Fsp3) is 0.458. The lowest BCUT2D eigenvalue weighted by Crippen LogP contribution is -2.54. The van der Waals surface area contributed by atoms with E-state index in [4.69, 9.17) is 10.1 Å². The van der Waals surface area contributed by atoms with Gasteiger partial charge in [0, 0.05) is 61.5 Å². The molecular weight excluding hydrogens is 481 g/mol. The Bertz CT molecular complexity index is 1010. The lowest BCUT2D eigenvalue weighted by atomic mass is 9.91. The van der Waals surface area contributed by atoms with Crippen molar-refractivity contribution in [2.45, 2.75) is 18.9 Å². The molecule has 190 valence electrons. The molecule has 3 rings (SSSR count). The molecule has 0 aromatic carbocycles. The third kappa shape index (κ3) is 7.35. The summed E-state index contributed by atoms with van der Waals surface area (Å²) in [6.45, 7) is 4.32. The quantitative estimate of drug-likeness (QED) is 0.414. The van der Waals surface area contributed by atoms with Crippen molar-refractivity contribution >= 4 is 29.3 Å². The molecule has 1 saturated heterocycles. The minimum atomic E-state index is -4.33. The molecule has 0 aromatic rings. The first-order valence-electron chi connectivity index (χ1n) is 11.2. The second-order valence-electron chi connectivity index (χ2n) is 8.47. The first kappa shape index (κ1) is 26.8. The standard InChI is InChI=1S/C24H29F3N4O3S/c1-15-19(22(32)30-9-10-34-2)7-8-21(28)20(15)12-29-11-16-13-31(14-16)23(33)17-3-5-18(6-4-17)35-24(25,26)27/h3,5-8,12,16-17,28-29H,4,9-11,13-14H2,1-2H3,(H,30,32)/b20-12-,28-21?. The van der Waals surface area contributed by atoms with Crippen LogP contribution < -0.4 is 10.6 Å². The number of carbonyl (C=O) groups excluding carboxylic acids is 2. The summed E-state index contributed by atoms with van der Waals surface area (Å²) >= 11 is -0.167. The number of thioether (sulfide) groups is 1. The number of methoxy groups -OCH3 is 1. The van der Waals surface area contributed by atoms with E-state index in [0.717, 1.165) is 0 Å². The van der Waals surface area contributed by atoms with Gasteiger partial charge in [0.05, 0.1) is 18.2 Å². The summed E-state index contributed by atoms with van der Waals surface area (Å²) in [5.74, 6) is -0.507. The second kappa shape index (κ2) is 11.8. The van der Waals surface area contributed by atoms with E-state index in [1.165, 1.54) is 12.2 Å². The topological polar surface area (TPSA) is 94.5 Å². The molecule has 7 nitrogen and oxygen atoms in total. The van der Waals surface area contributed by atoms with Gasteiger partial charge in [0.1, 0.15) is 0 Å². The van der Waals surface area contributed by atoms with Crippen LogP contribution in [0.4, 0.5) is 13.2 Å². The van der Waals surface area contributed by atoms with Gasteiger partial charge < -0.3 is 25.7 Å². The number of nitrogens with one attached hydrogen (secondary N) is 3. The van der Waals surface area contributed by atoms with Crippen molar-refractivity contribution in [3.63, 3.8) is 0 Å². The Labute approximate surface area is 206 Å². The molecule has 3 N–H and O–H groups in total. The summed E-state index contributed by atoms with van der Waals surface area (Å²) in [6.07, 6.45) is 9.58. The van der Waals surface area contributed by atoms with Crippen molar-refractivity contribution in [3.05, 3.63) is 58.2 Å². The van der Waals surface area contributed by atoms with Crippen LogP contribution >= 0.6 is 11.8 Å². The summed E-state index contributed by atoms with van der Waals surface area (Å²) in [5, 5.41) is 14.2. The number of allylic oxidation sites excluding steroid dienone is 5. The molecule has 11 heteroatoms. The van der Waals surface area contributed by atoms with E-state index < -0.39 is 11.4 Å². The number of halogens is 3. The zero-order valence-electron chi connectivity index (χ0n) is 19.6. The number of alkyl halides is 3. The highest BCUT2D eigenvalue weighted by Gasteiger charge is 2.35. The number of ether oxygens (including phenoxy) is 1. The normalized spacial score (nSPS) is 21.8. The Morgan fingerprint density at radius 2 is 2.03 bits per heavy atom. The van der Waals surface area contributed by atoms with Crippen molar-refractivity contribution in [3.8, 4) is 0 Å². The molecule has 1 heterocycles. The number of likely N-dealkylation sites (tertiary alicyclic amines) is 1. The predicted molar refractivity (Wildman–Crippen MR) is 130 cm³/mol. The summed E-state index contributed by atoms with van der Waals surface area (Å²) in [6, 6.07) is 0. The molecule has 0 saturated carbocycles. The van der Waals surface area contributed by atoms with Crippen molar-refractivity contribution in [1.29, 1.82) is 5.41 Å². The van der Waals surface area contributed by atoms with Gasteiger partial charge in [-0.15, -0.1) is 0 Å². The predicted octanol–water partition coefficient (Wildman–Crippen LogP) is 3.30. The molecule has 2 aliphatic carbocycles. The molecule has 0 spiro atoms. The van der Waals surface area contributed by atoms with E-state index in [2.05, 4.69) is 10.6 Å². The van der Waals surface area contributed by atoms with E-state index in [0.29, 0.717) is 55.2 Å². The van der Waals surface area contributed by atoms with Gasteiger partial charge in [-0.25, -0.2) is 0 Å². The Morgan fingerprint density at radius 3 is 2.66 bits per heavy atom. The molecular formula is C24H29F3N4O3S. The molecule has 0 aromatic heterocycles. The van der Waals surface area contributed by atoms with Gasteiger partial charge in [-0.3, -0.25) is 9.59 Å². The van der Waals surface area contributed by atoms with Crippen LogP contribution in [-0.4, -0.2) is 67.8 Å². The number of hydrogen-bond acceptors (Lipinski definition) is 6. The van der Waals surface area contributed by atoms with Crippen LogP contribution in [0.25, 0.3) is 0 Å². The zero-order chi connectivity index (χ0) is 25.6. The number of rotatable bonds is 9. The van der Waals surface area contributed by atoms with Crippen molar-refractivity contribution in [1.82, 2.24) is 15.5 Å². The molecule has 35 heavy (non-hydrogen) atoms. The smallest absolute Gasteiger partial charge is 0.390 e. The first-order chi connectivity index (χ1) is 16.6. The number of carbonyl (C=O) groups is 2. The third-order valence-corrected chi connectivity index (χ3v) is 6.66. The molecule has 1 aliphatic heterocycles. The Hall–Kier alpha value is -2.79. The minimum absolute atomic E-state index is 0.0785. The SMILES string of the molecule is COCCNC(=O)C1=C(C)/C(=C/NCC2CN(C(=O)C3C=CC(SC(F)(F)F)=CC3)C2)C(=N)C=C1. The van der Waals surface area contributed by atoms with E-state index in [1.807, 2.05) is 0 Å². The molecule has 1 fully saturated rings. The van der Waals surface area contributed by atoms with Crippen molar-refractivity contribution < 1.29 is 27.5 Å². The van der Waals surface area contributed by atoms with Gasteiger partial charge in [-0.2, -0.15) is 13.2 Å². The molecule has 2 amide bonds. The fourth-order valence-corrected chi connectivity index (χ4v) is 4.55. The van der Waals surface area contributed by atoms with E-state index in [-0.39, 0.29) is 40.8 Å². The largest absolute Gasteiger partial charge is 0.446 e. The fourth-order valence-electron chi connectivity index (χ4n) is 3.96. The summed E-state index contributed by atoms with van der Waals surface area (Å²) in [7, 11) is 1.56. The van der Waals surface area contributed by atoms with Crippen LogP contribution in [0.15, 0.2) is 58.2 Å². The van der Waals surface area contributed by atoms with Crippen molar-refractivity contribution in [2.75, 3.05) is 39.9 Å². The number of amides is 2. The summed E-state index contributed by atoms with van der Waals surface area (Å²) < 4.78 is 42.3. The first-order valence-corrected chi connectivity index (χ1v) is 12.0. The van der Waals surface area contributed by atoms with Crippen LogP contribution in [-0.2, 0) is 14.3 Å². The van der Waals surface area contributed by atoms with E-state index in [1.54, 1.807) is 43.4 Å². The van der Waals surface area contributed by atoms with Gasteiger partial charge in [0.25, 0.3) is 5.91 Å². The van der Waals surface area contributed by atoms with Crippen LogP contribution in [0, 0.1) is 17.2 Å². The maximum atomic E-state index is 12.6.